The van der Waals surface area contributed by atoms with Gasteiger partial charge in [-0.1, -0.05) is 54.6 Å². The lowest BCUT2D eigenvalue weighted by Gasteiger charge is -2.07. The summed E-state index contributed by atoms with van der Waals surface area (Å²) in [6.45, 7) is 0.447. The number of hydroxylamine groups is 1. The molecular formula is C19H17N3O2. The molecule has 0 saturated carbocycles. The van der Waals surface area contributed by atoms with Crippen LogP contribution in [0.15, 0.2) is 77.9 Å². The van der Waals surface area contributed by atoms with Gasteiger partial charge in [-0.25, -0.2) is 9.98 Å². The summed E-state index contributed by atoms with van der Waals surface area (Å²) in [7, 11) is 0. The third kappa shape index (κ3) is 4.18. The molecule has 5 heteroatoms. The smallest absolute Gasteiger partial charge is 0.213 e. The lowest BCUT2D eigenvalue weighted by molar-refractivity contribution is 0.240. The van der Waals surface area contributed by atoms with Crippen molar-refractivity contribution in [1.29, 1.82) is 0 Å². The zero-order valence-corrected chi connectivity index (χ0v) is 13.0. The fourth-order valence-electron chi connectivity index (χ4n) is 2.22. The van der Waals surface area contributed by atoms with E-state index in [0.29, 0.717) is 18.2 Å². The number of aliphatic imine (C=N–C) groups is 1. The molecule has 3 rings (SSSR count). The Morgan fingerprint density at radius 3 is 2.38 bits per heavy atom. The number of nitrogens with one attached hydrogen (secondary N) is 1. The zero-order chi connectivity index (χ0) is 16.6. The maximum atomic E-state index is 8.44. The van der Waals surface area contributed by atoms with Gasteiger partial charge >= 0.3 is 0 Å². The first-order valence-corrected chi connectivity index (χ1v) is 7.50. The summed E-state index contributed by atoms with van der Waals surface area (Å²) >= 11 is 0. The van der Waals surface area contributed by atoms with Crippen LogP contribution in [0.2, 0.25) is 0 Å². The van der Waals surface area contributed by atoms with Crippen molar-refractivity contribution in [3.05, 3.63) is 78.5 Å². The highest BCUT2D eigenvalue weighted by Gasteiger charge is 2.00. The van der Waals surface area contributed by atoms with E-state index < -0.39 is 0 Å². The Morgan fingerprint density at radius 2 is 1.71 bits per heavy atom. The van der Waals surface area contributed by atoms with Gasteiger partial charge in [0.15, 0.2) is 0 Å². The van der Waals surface area contributed by atoms with Crippen LogP contribution < -0.4 is 10.2 Å². The summed E-state index contributed by atoms with van der Waals surface area (Å²) in [4.78, 5) is 8.08. The number of hydrogen-bond donors (Lipinski definition) is 2. The van der Waals surface area contributed by atoms with Crippen LogP contribution in [-0.2, 0) is 6.61 Å². The average molecular weight is 319 g/mol. The Hall–Kier alpha value is -3.18. The predicted molar refractivity (Wildman–Crippen MR) is 93.5 cm³/mol. The number of hydrogen-bond acceptors (Lipinski definition) is 4. The summed E-state index contributed by atoms with van der Waals surface area (Å²) in [6, 6.07) is 22.0. The Bertz CT molecular complexity index is 785. The molecule has 1 aromatic heterocycles. The van der Waals surface area contributed by atoms with Gasteiger partial charge < -0.3 is 4.74 Å². The molecule has 0 spiro atoms. The van der Waals surface area contributed by atoms with Gasteiger partial charge in [0.2, 0.25) is 5.88 Å². The highest BCUT2D eigenvalue weighted by Crippen LogP contribution is 2.20. The third-order valence-corrected chi connectivity index (χ3v) is 3.44. The van der Waals surface area contributed by atoms with Crippen LogP contribution >= 0.6 is 0 Å². The van der Waals surface area contributed by atoms with E-state index in [1.807, 2.05) is 35.8 Å². The SMILES string of the molecule is ONC=Nc1ccc(OCc2ccc(-c3ccccc3)cc2)nc1. The Labute approximate surface area is 140 Å². The molecule has 0 aliphatic carbocycles. The Balaban J connectivity index is 1.59. The number of nitrogens with zero attached hydrogens (tertiary/aromatic N) is 2. The number of benzene rings is 2. The molecule has 2 aromatic carbocycles. The molecule has 0 saturated heterocycles. The molecule has 3 aromatic rings. The van der Waals surface area contributed by atoms with E-state index in [2.05, 4.69) is 34.2 Å². The molecular weight excluding hydrogens is 302 g/mol. The predicted octanol–water partition coefficient (Wildman–Crippen LogP) is 3.97. The van der Waals surface area contributed by atoms with Crippen LogP contribution in [0, 0.1) is 0 Å². The molecule has 0 unspecified atom stereocenters. The van der Waals surface area contributed by atoms with E-state index >= 15 is 0 Å². The fraction of sp³-hybridized carbons (Fsp3) is 0.0526. The number of rotatable bonds is 6. The standard InChI is InChI=1S/C19H17N3O2/c23-22-14-21-18-10-11-19(20-12-18)24-13-15-6-8-17(9-7-15)16-4-2-1-3-5-16/h1-12,14,23H,13H2,(H,21,22). The number of ether oxygens (including phenoxy) is 1. The van der Waals surface area contributed by atoms with Gasteiger partial charge in [0.25, 0.3) is 0 Å². The molecule has 0 radical (unpaired) electrons. The largest absolute Gasteiger partial charge is 0.473 e. The van der Waals surface area contributed by atoms with Crippen LogP contribution in [0.4, 0.5) is 5.69 Å². The second-order valence-electron chi connectivity index (χ2n) is 5.09. The van der Waals surface area contributed by atoms with Crippen molar-refractivity contribution >= 4 is 12.0 Å². The van der Waals surface area contributed by atoms with E-state index in [1.54, 1.807) is 18.3 Å². The van der Waals surface area contributed by atoms with Gasteiger partial charge in [-0.3, -0.25) is 10.7 Å². The first-order chi connectivity index (χ1) is 11.8. The second kappa shape index (κ2) is 7.89. The molecule has 1 heterocycles. The average Bonchev–Trinajstić information content (AvgIpc) is 2.67. The van der Waals surface area contributed by atoms with E-state index in [9.17, 15) is 0 Å². The molecule has 0 atom stereocenters. The highest BCUT2D eigenvalue weighted by atomic mass is 16.5. The summed E-state index contributed by atoms with van der Waals surface area (Å²) in [5, 5.41) is 8.44. The second-order valence-corrected chi connectivity index (χ2v) is 5.09. The Kier molecular flexibility index (Phi) is 5.17. The maximum absolute atomic E-state index is 8.44. The lowest BCUT2D eigenvalue weighted by atomic mass is 10.0. The van der Waals surface area contributed by atoms with Gasteiger partial charge in [-0.15, -0.1) is 0 Å². The minimum absolute atomic E-state index is 0.447. The maximum Gasteiger partial charge on any atom is 0.213 e. The first-order valence-electron chi connectivity index (χ1n) is 7.50. The van der Waals surface area contributed by atoms with Gasteiger partial charge in [0.1, 0.15) is 12.9 Å². The first kappa shape index (κ1) is 15.7. The van der Waals surface area contributed by atoms with E-state index in [1.165, 1.54) is 17.5 Å². The minimum Gasteiger partial charge on any atom is -0.473 e. The van der Waals surface area contributed by atoms with Crippen molar-refractivity contribution in [2.75, 3.05) is 0 Å². The summed E-state index contributed by atoms with van der Waals surface area (Å²) in [6.07, 6.45) is 2.74. The van der Waals surface area contributed by atoms with Crippen molar-refractivity contribution in [3.8, 4) is 17.0 Å². The van der Waals surface area contributed by atoms with Crippen LogP contribution in [0.5, 0.6) is 5.88 Å². The third-order valence-electron chi connectivity index (χ3n) is 3.44. The molecule has 0 aliphatic rings. The molecule has 0 fully saturated rings. The van der Waals surface area contributed by atoms with E-state index in [4.69, 9.17) is 9.94 Å². The van der Waals surface area contributed by atoms with Crippen molar-refractivity contribution in [1.82, 2.24) is 10.5 Å². The molecule has 0 bridgehead atoms. The van der Waals surface area contributed by atoms with Crippen LogP contribution in [-0.4, -0.2) is 16.5 Å². The van der Waals surface area contributed by atoms with Crippen LogP contribution in [0.1, 0.15) is 5.56 Å². The minimum atomic E-state index is 0.447. The van der Waals surface area contributed by atoms with E-state index in [-0.39, 0.29) is 0 Å². The summed E-state index contributed by atoms with van der Waals surface area (Å²) in [5.41, 5.74) is 5.91. The van der Waals surface area contributed by atoms with Crippen molar-refractivity contribution in [2.24, 2.45) is 4.99 Å². The van der Waals surface area contributed by atoms with Gasteiger partial charge in [0.05, 0.1) is 11.9 Å². The molecule has 120 valence electrons. The summed E-state index contributed by atoms with van der Waals surface area (Å²) in [5.74, 6) is 0.526. The fourth-order valence-corrected chi connectivity index (χ4v) is 2.22. The topological polar surface area (TPSA) is 66.7 Å². The quantitative estimate of drug-likeness (QED) is 0.410. The molecule has 0 amide bonds. The van der Waals surface area contributed by atoms with Gasteiger partial charge in [-0.05, 0) is 22.8 Å². The Morgan fingerprint density at radius 1 is 0.958 bits per heavy atom. The van der Waals surface area contributed by atoms with Gasteiger partial charge in [-0.2, -0.15) is 0 Å². The highest BCUT2D eigenvalue weighted by molar-refractivity contribution is 5.63. The molecule has 0 aliphatic heterocycles. The molecule has 5 nitrogen and oxygen atoms in total. The molecule has 2 N–H and O–H groups in total. The van der Waals surface area contributed by atoms with Crippen LogP contribution in [0.25, 0.3) is 11.1 Å². The number of pyridine rings is 1. The molecule has 24 heavy (non-hydrogen) atoms. The van der Waals surface area contributed by atoms with E-state index in [0.717, 1.165) is 5.56 Å². The van der Waals surface area contributed by atoms with Crippen molar-refractivity contribution in [3.63, 3.8) is 0 Å². The van der Waals surface area contributed by atoms with Gasteiger partial charge in [0, 0.05) is 6.07 Å². The lowest BCUT2D eigenvalue weighted by Crippen LogP contribution is -2.01. The van der Waals surface area contributed by atoms with Crippen molar-refractivity contribution < 1.29 is 9.94 Å². The monoisotopic (exact) mass is 319 g/mol. The zero-order valence-electron chi connectivity index (χ0n) is 13.0. The van der Waals surface area contributed by atoms with Crippen LogP contribution in [0.3, 0.4) is 0 Å². The number of aromatic nitrogens is 1. The normalized spacial score (nSPS) is 10.7. The van der Waals surface area contributed by atoms with Crippen molar-refractivity contribution in [2.45, 2.75) is 6.61 Å². The summed E-state index contributed by atoms with van der Waals surface area (Å²) < 4.78 is 5.67.